The fourth-order valence-electron chi connectivity index (χ4n) is 1.41. The molecule has 1 aromatic heterocycles. The monoisotopic (exact) mass is 312 g/mol. The van der Waals surface area contributed by atoms with Crippen LogP contribution >= 0.6 is 34.5 Å². The normalized spacial score (nSPS) is 11.4. The van der Waals surface area contributed by atoms with Gasteiger partial charge in [0.1, 0.15) is 0 Å². The fourth-order valence-corrected chi connectivity index (χ4v) is 2.58. The summed E-state index contributed by atoms with van der Waals surface area (Å²) in [6.45, 7) is 1.83. The summed E-state index contributed by atoms with van der Waals surface area (Å²) in [5.74, 6) is -0.363. The molecule has 0 saturated carbocycles. The van der Waals surface area contributed by atoms with Crippen LogP contribution in [0.25, 0.3) is 0 Å². The van der Waals surface area contributed by atoms with E-state index in [0.29, 0.717) is 15.6 Å². The minimum Gasteiger partial charge on any atom is -0.267 e. The van der Waals surface area contributed by atoms with E-state index in [9.17, 15) is 4.79 Å². The first-order valence-corrected chi connectivity index (χ1v) is 7.05. The van der Waals surface area contributed by atoms with Gasteiger partial charge in [-0.25, -0.2) is 5.43 Å². The summed E-state index contributed by atoms with van der Waals surface area (Å²) in [6, 6.07) is 8.56. The van der Waals surface area contributed by atoms with Gasteiger partial charge in [-0.2, -0.15) is 5.10 Å². The molecular weight excluding hydrogens is 303 g/mol. The van der Waals surface area contributed by atoms with Crippen molar-refractivity contribution in [3.8, 4) is 0 Å². The molecule has 0 aliphatic heterocycles. The predicted molar refractivity (Wildman–Crippen MR) is 80.5 cm³/mol. The number of amides is 1. The second-order valence-corrected chi connectivity index (χ2v) is 5.53. The zero-order chi connectivity index (χ0) is 13.8. The molecule has 1 amide bonds. The number of hydrogen-bond acceptors (Lipinski definition) is 3. The third-order valence-electron chi connectivity index (χ3n) is 2.38. The number of halogens is 2. The van der Waals surface area contributed by atoms with Crippen LogP contribution in [0.2, 0.25) is 10.0 Å². The van der Waals surface area contributed by atoms with E-state index < -0.39 is 0 Å². The molecule has 0 aliphatic carbocycles. The van der Waals surface area contributed by atoms with Crippen molar-refractivity contribution in [1.29, 1.82) is 0 Å². The first-order valence-electron chi connectivity index (χ1n) is 5.41. The van der Waals surface area contributed by atoms with Crippen molar-refractivity contribution in [2.24, 2.45) is 5.10 Å². The Labute approximate surface area is 124 Å². The molecule has 0 fully saturated rings. The summed E-state index contributed by atoms with van der Waals surface area (Å²) >= 11 is 13.3. The van der Waals surface area contributed by atoms with Crippen LogP contribution in [0.3, 0.4) is 0 Å². The number of benzene rings is 1. The summed E-state index contributed by atoms with van der Waals surface area (Å²) < 4.78 is 0. The maximum absolute atomic E-state index is 11.9. The molecule has 0 saturated heterocycles. The Balaban J connectivity index is 2.11. The lowest BCUT2D eigenvalue weighted by atomic mass is 10.2. The van der Waals surface area contributed by atoms with Gasteiger partial charge in [-0.15, -0.1) is 11.3 Å². The van der Waals surface area contributed by atoms with E-state index in [4.69, 9.17) is 23.2 Å². The Hall–Kier alpha value is -1.36. The summed E-state index contributed by atoms with van der Waals surface area (Å²) in [4.78, 5) is 12.9. The van der Waals surface area contributed by atoms with Crippen LogP contribution in [-0.2, 0) is 0 Å². The highest BCUT2D eigenvalue weighted by Gasteiger charge is 2.10. The van der Waals surface area contributed by atoms with Crippen LogP contribution in [-0.4, -0.2) is 11.6 Å². The van der Waals surface area contributed by atoms with E-state index in [1.807, 2.05) is 24.4 Å². The molecular formula is C13H10Cl2N2OS. The number of hydrazone groups is 1. The third kappa shape index (κ3) is 3.56. The molecule has 2 aromatic rings. The molecule has 19 heavy (non-hydrogen) atoms. The van der Waals surface area contributed by atoms with Gasteiger partial charge >= 0.3 is 0 Å². The molecule has 1 N–H and O–H groups in total. The van der Waals surface area contributed by atoms with E-state index >= 15 is 0 Å². The largest absolute Gasteiger partial charge is 0.272 e. The van der Waals surface area contributed by atoms with Crippen molar-refractivity contribution in [1.82, 2.24) is 5.43 Å². The van der Waals surface area contributed by atoms with Crippen LogP contribution in [0.1, 0.15) is 22.2 Å². The topological polar surface area (TPSA) is 41.5 Å². The average Bonchev–Trinajstić information content (AvgIpc) is 2.89. The standard InChI is InChI=1S/C13H10Cl2N2OS/c1-8(12-3-2-6-19-12)16-17-13(18)10-5-4-9(14)7-11(10)15/h2-7H,1H3,(H,17,18). The number of thiophene rings is 1. The van der Waals surface area contributed by atoms with Crippen molar-refractivity contribution in [2.75, 3.05) is 0 Å². The fraction of sp³-hybridized carbons (Fsp3) is 0.0769. The van der Waals surface area contributed by atoms with Gasteiger partial charge < -0.3 is 0 Å². The highest BCUT2D eigenvalue weighted by molar-refractivity contribution is 7.12. The van der Waals surface area contributed by atoms with E-state index in [1.54, 1.807) is 23.5 Å². The quantitative estimate of drug-likeness (QED) is 0.669. The van der Waals surface area contributed by atoms with Crippen LogP contribution in [0.5, 0.6) is 0 Å². The number of nitrogens with zero attached hydrogens (tertiary/aromatic N) is 1. The number of rotatable bonds is 3. The first kappa shape index (κ1) is 14.1. The Morgan fingerprint density at radius 3 is 2.74 bits per heavy atom. The lowest BCUT2D eigenvalue weighted by molar-refractivity contribution is 0.0955. The Morgan fingerprint density at radius 1 is 1.32 bits per heavy atom. The van der Waals surface area contributed by atoms with Crippen molar-refractivity contribution in [2.45, 2.75) is 6.92 Å². The second-order valence-electron chi connectivity index (χ2n) is 3.74. The molecule has 0 aliphatic rings. The zero-order valence-electron chi connectivity index (χ0n) is 9.98. The highest BCUT2D eigenvalue weighted by atomic mass is 35.5. The van der Waals surface area contributed by atoms with Crippen molar-refractivity contribution < 1.29 is 4.79 Å². The third-order valence-corrected chi connectivity index (χ3v) is 3.91. The molecule has 0 radical (unpaired) electrons. The molecule has 0 unspecified atom stereocenters. The van der Waals surface area contributed by atoms with Crippen LogP contribution < -0.4 is 5.43 Å². The molecule has 2 rings (SSSR count). The van der Waals surface area contributed by atoms with E-state index in [-0.39, 0.29) is 5.91 Å². The van der Waals surface area contributed by atoms with Gasteiger partial charge in [0.15, 0.2) is 0 Å². The number of hydrogen-bond donors (Lipinski definition) is 1. The molecule has 1 aromatic carbocycles. The van der Waals surface area contributed by atoms with E-state index in [1.165, 1.54) is 6.07 Å². The molecule has 1 heterocycles. The van der Waals surface area contributed by atoms with Gasteiger partial charge in [-0.1, -0.05) is 29.3 Å². The lowest BCUT2D eigenvalue weighted by Crippen LogP contribution is -2.19. The van der Waals surface area contributed by atoms with Gasteiger partial charge in [0, 0.05) is 9.90 Å². The van der Waals surface area contributed by atoms with Crippen molar-refractivity contribution in [3.05, 3.63) is 56.2 Å². The number of nitrogens with one attached hydrogen (secondary N) is 1. The molecule has 98 valence electrons. The number of carbonyl (C=O) groups excluding carboxylic acids is 1. The lowest BCUT2D eigenvalue weighted by Gasteiger charge is -2.04. The van der Waals surface area contributed by atoms with E-state index in [0.717, 1.165) is 10.6 Å². The van der Waals surface area contributed by atoms with E-state index in [2.05, 4.69) is 10.5 Å². The summed E-state index contributed by atoms with van der Waals surface area (Å²) in [5.41, 5.74) is 3.56. The first-order chi connectivity index (χ1) is 9.08. The van der Waals surface area contributed by atoms with Crippen molar-refractivity contribution in [3.63, 3.8) is 0 Å². The van der Waals surface area contributed by atoms with Gasteiger partial charge in [0.25, 0.3) is 5.91 Å². The maximum Gasteiger partial charge on any atom is 0.272 e. The number of carbonyl (C=O) groups is 1. The Kier molecular flexibility index (Phi) is 4.58. The molecule has 3 nitrogen and oxygen atoms in total. The van der Waals surface area contributed by atoms with Crippen molar-refractivity contribution >= 4 is 46.2 Å². The van der Waals surface area contributed by atoms with Gasteiger partial charge in [-0.3, -0.25) is 4.79 Å². The van der Waals surface area contributed by atoms with Gasteiger partial charge in [0.2, 0.25) is 0 Å². The minimum atomic E-state index is -0.363. The average molecular weight is 313 g/mol. The summed E-state index contributed by atoms with van der Waals surface area (Å²) in [5, 5.41) is 6.78. The highest BCUT2D eigenvalue weighted by Crippen LogP contribution is 2.20. The molecule has 0 bridgehead atoms. The minimum absolute atomic E-state index is 0.300. The molecule has 0 spiro atoms. The van der Waals surface area contributed by atoms with Crippen LogP contribution in [0, 0.1) is 0 Å². The summed E-state index contributed by atoms with van der Waals surface area (Å²) in [6.07, 6.45) is 0. The summed E-state index contributed by atoms with van der Waals surface area (Å²) in [7, 11) is 0. The van der Waals surface area contributed by atoms with Crippen LogP contribution in [0.4, 0.5) is 0 Å². The van der Waals surface area contributed by atoms with Crippen LogP contribution in [0.15, 0.2) is 40.8 Å². The predicted octanol–water partition coefficient (Wildman–Crippen LogP) is 4.21. The Morgan fingerprint density at radius 2 is 2.11 bits per heavy atom. The van der Waals surface area contributed by atoms with Gasteiger partial charge in [-0.05, 0) is 36.6 Å². The maximum atomic E-state index is 11.9. The zero-order valence-corrected chi connectivity index (χ0v) is 12.3. The molecule has 6 heteroatoms. The SMILES string of the molecule is CC(=NNC(=O)c1ccc(Cl)cc1Cl)c1cccs1. The smallest absolute Gasteiger partial charge is 0.267 e. The second kappa shape index (κ2) is 6.19. The molecule has 0 atom stereocenters. The van der Waals surface area contributed by atoms with Gasteiger partial charge in [0.05, 0.1) is 16.3 Å². The Bertz CT molecular complexity index is 624.